The zero-order chi connectivity index (χ0) is 34.4. The van der Waals surface area contributed by atoms with Gasteiger partial charge < -0.3 is 4.90 Å². The van der Waals surface area contributed by atoms with Crippen molar-refractivity contribution in [2.24, 2.45) is 0 Å². The van der Waals surface area contributed by atoms with Crippen molar-refractivity contribution in [2.45, 2.75) is 0 Å². The third-order valence-corrected chi connectivity index (χ3v) is 10.9. The van der Waals surface area contributed by atoms with Gasteiger partial charge in [0, 0.05) is 53.7 Å². The lowest BCUT2D eigenvalue weighted by Gasteiger charge is -2.25. The van der Waals surface area contributed by atoms with E-state index in [-0.39, 0.29) is 0 Å². The third kappa shape index (κ3) is 5.20. The van der Waals surface area contributed by atoms with Crippen LogP contribution in [0.2, 0.25) is 0 Å². The van der Waals surface area contributed by atoms with Gasteiger partial charge in [0.1, 0.15) is 0 Å². The summed E-state index contributed by atoms with van der Waals surface area (Å²) >= 11 is 1.85. The lowest BCUT2D eigenvalue weighted by Crippen LogP contribution is -2.09. The van der Waals surface area contributed by atoms with Crippen LogP contribution >= 0.6 is 11.3 Å². The first-order chi connectivity index (χ1) is 25.8. The molecule has 8 aromatic carbocycles. The Kier molecular flexibility index (Phi) is 7.33. The smallest absolute Gasteiger partial charge is 0.0973 e. The normalized spacial score (nSPS) is 11.5. The average Bonchev–Trinajstić information content (AvgIpc) is 3.60. The molecule has 0 fully saturated rings. The van der Waals surface area contributed by atoms with Crippen molar-refractivity contribution in [1.82, 2.24) is 9.97 Å². The molecule has 0 aliphatic heterocycles. The van der Waals surface area contributed by atoms with Crippen LogP contribution < -0.4 is 4.90 Å². The number of anilines is 3. The van der Waals surface area contributed by atoms with E-state index in [1.165, 1.54) is 31.3 Å². The Balaban J connectivity index is 1.14. The summed E-state index contributed by atoms with van der Waals surface area (Å²) in [5.41, 5.74) is 11.5. The van der Waals surface area contributed by atoms with Gasteiger partial charge in [0.25, 0.3) is 0 Å². The van der Waals surface area contributed by atoms with Gasteiger partial charge in [0.05, 0.1) is 22.4 Å². The minimum atomic E-state index is 0.885. The Morgan fingerprint density at radius 2 is 1.02 bits per heavy atom. The van der Waals surface area contributed by atoms with Gasteiger partial charge in [-0.15, -0.1) is 11.3 Å². The van der Waals surface area contributed by atoms with Crippen LogP contribution in [0.25, 0.3) is 75.6 Å². The number of hydrogen-bond acceptors (Lipinski definition) is 4. The minimum absolute atomic E-state index is 0.885. The highest BCUT2D eigenvalue weighted by Gasteiger charge is 2.18. The van der Waals surface area contributed by atoms with Crippen LogP contribution in [0.4, 0.5) is 17.1 Å². The fourth-order valence-electron chi connectivity index (χ4n) is 7.40. The van der Waals surface area contributed by atoms with Crippen molar-refractivity contribution >= 4 is 70.4 Å². The molecule has 52 heavy (non-hydrogen) atoms. The molecule has 0 aliphatic rings. The molecule has 0 radical (unpaired) electrons. The van der Waals surface area contributed by atoms with Crippen LogP contribution in [0.3, 0.4) is 0 Å². The van der Waals surface area contributed by atoms with Crippen molar-refractivity contribution in [1.29, 1.82) is 0 Å². The second-order valence-corrected chi connectivity index (χ2v) is 14.1. The maximum Gasteiger partial charge on any atom is 0.0973 e. The molecule has 0 saturated heterocycles. The third-order valence-electron chi connectivity index (χ3n) is 9.83. The van der Waals surface area contributed by atoms with E-state index in [9.17, 15) is 0 Å². The minimum Gasteiger partial charge on any atom is -0.310 e. The molecule has 0 N–H and O–H groups in total. The number of rotatable bonds is 6. The number of hydrogen-bond donors (Lipinski definition) is 0. The maximum absolute atomic E-state index is 5.40. The molecule has 0 saturated carbocycles. The lowest BCUT2D eigenvalue weighted by atomic mass is 9.96. The standard InChI is InChI=1S/C48H31N3S/c1-5-14-33(15-6-1)46-47(34-16-7-2-8-17-34)50-48-41-30-35(25-24-32(41)26-29-42(48)49-46)39-22-13-23-43-45(39)40-28-27-38(31-44(40)52-43)51(36-18-9-3-10-19-36)37-20-11-4-12-21-37/h1-31H. The van der Waals surface area contributed by atoms with E-state index in [0.717, 1.165) is 61.4 Å². The predicted molar refractivity (Wildman–Crippen MR) is 221 cm³/mol. The SMILES string of the molecule is c1ccc(-c2nc3ccc4ccc(-c5cccc6sc7cc(N(c8ccccc8)c8ccccc8)ccc7c56)cc4c3nc2-c2ccccc2)cc1. The number of thiophene rings is 1. The van der Waals surface area contributed by atoms with Crippen LogP contribution in [-0.4, -0.2) is 9.97 Å². The van der Waals surface area contributed by atoms with Crippen molar-refractivity contribution in [3.8, 4) is 33.6 Å². The van der Waals surface area contributed by atoms with Crippen molar-refractivity contribution < 1.29 is 0 Å². The van der Waals surface area contributed by atoms with Crippen LogP contribution in [0.5, 0.6) is 0 Å². The Morgan fingerprint density at radius 1 is 0.404 bits per heavy atom. The molecule has 0 amide bonds. The van der Waals surface area contributed by atoms with E-state index in [2.05, 4.69) is 181 Å². The molecule has 2 heterocycles. The number of para-hydroxylation sites is 2. The van der Waals surface area contributed by atoms with Crippen molar-refractivity contribution in [3.05, 3.63) is 188 Å². The summed E-state index contributed by atoms with van der Waals surface area (Å²) in [5.74, 6) is 0. The molecule has 10 rings (SSSR count). The summed E-state index contributed by atoms with van der Waals surface area (Å²) in [7, 11) is 0. The van der Waals surface area contributed by atoms with Crippen molar-refractivity contribution in [3.63, 3.8) is 0 Å². The lowest BCUT2D eigenvalue weighted by molar-refractivity contribution is 1.29. The highest BCUT2D eigenvalue weighted by atomic mass is 32.1. The van der Waals surface area contributed by atoms with E-state index in [4.69, 9.17) is 9.97 Å². The summed E-state index contributed by atoms with van der Waals surface area (Å²) in [5, 5.41) is 4.78. The van der Waals surface area contributed by atoms with Gasteiger partial charge in [-0.25, -0.2) is 9.97 Å². The molecule has 10 aromatic rings. The molecule has 0 aliphatic carbocycles. The summed E-state index contributed by atoms with van der Waals surface area (Å²) in [6.45, 7) is 0. The van der Waals surface area contributed by atoms with E-state index >= 15 is 0 Å². The monoisotopic (exact) mass is 681 g/mol. The first kappa shape index (κ1) is 30.2. The van der Waals surface area contributed by atoms with E-state index < -0.39 is 0 Å². The van der Waals surface area contributed by atoms with Gasteiger partial charge in [-0.05, 0) is 71.1 Å². The first-order valence-corrected chi connectivity index (χ1v) is 18.3. The summed E-state index contributed by atoms with van der Waals surface area (Å²) < 4.78 is 2.53. The van der Waals surface area contributed by atoms with Gasteiger partial charge in [-0.3, -0.25) is 0 Å². The fraction of sp³-hybridized carbons (Fsp3) is 0. The summed E-state index contributed by atoms with van der Waals surface area (Å²) in [6, 6.07) is 66.6. The van der Waals surface area contributed by atoms with Gasteiger partial charge in [0.2, 0.25) is 0 Å². The number of benzene rings is 8. The largest absolute Gasteiger partial charge is 0.310 e. The highest BCUT2D eigenvalue weighted by molar-refractivity contribution is 7.26. The zero-order valence-corrected chi connectivity index (χ0v) is 29.0. The van der Waals surface area contributed by atoms with Gasteiger partial charge in [-0.1, -0.05) is 133 Å². The fourth-order valence-corrected chi connectivity index (χ4v) is 8.56. The Morgan fingerprint density at radius 3 is 1.69 bits per heavy atom. The van der Waals surface area contributed by atoms with Crippen LogP contribution in [0.1, 0.15) is 0 Å². The molecular formula is C48H31N3S. The molecule has 0 unspecified atom stereocenters. The molecule has 0 atom stereocenters. The second-order valence-electron chi connectivity index (χ2n) is 13.0. The van der Waals surface area contributed by atoms with E-state index in [1.807, 2.05) is 23.5 Å². The summed E-state index contributed by atoms with van der Waals surface area (Å²) in [4.78, 5) is 13.0. The van der Waals surface area contributed by atoms with Crippen LogP contribution in [0, 0.1) is 0 Å². The quantitative estimate of drug-likeness (QED) is 0.164. The second kappa shape index (κ2) is 12.6. The highest BCUT2D eigenvalue weighted by Crippen LogP contribution is 2.44. The molecule has 3 nitrogen and oxygen atoms in total. The van der Waals surface area contributed by atoms with Crippen LogP contribution in [0.15, 0.2) is 188 Å². The Hall–Kier alpha value is -6.62. The van der Waals surface area contributed by atoms with Gasteiger partial charge in [-0.2, -0.15) is 0 Å². The Labute approximate surface area is 305 Å². The molecule has 4 heteroatoms. The summed E-state index contributed by atoms with van der Waals surface area (Å²) in [6.07, 6.45) is 0. The molecule has 2 aromatic heterocycles. The van der Waals surface area contributed by atoms with E-state index in [0.29, 0.717) is 0 Å². The van der Waals surface area contributed by atoms with E-state index in [1.54, 1.807) is 0 Å². The molecular weight excluding hydrogens is 651 g/mol. The molecule has 0 spiro atoms. The van der Waals surface area contributed by atoms with Gasteiger partial charge in [0.15, 0.2) is 0 Å². The Bertz CT molecular complexity index is 2850. The van der Waals surface area contributed by atoms with Crippen LogP contribution in [-0.2, 0) is 0 Å². The molecule has 0 bridgehead atoms. The number of aromatic nitrogens is 2. The number of nitrogens with zero attached hydrogens (tertiary/aromatic N) is 3. The number of fused-ring (bicyclic) bond motifs is 6. The zero-order valence-electron chi connectivity index (χ0n) is 28.1. The maximum atomic E-state index is 5.40. The average molecular weight is 682 g/mol. The first-order valence-electron chi connectivity index (χ1n) is 17.5. The van der Waals surface area contributed by atoms with Crippen molar-refractivity contribution in [2.75, 3.05) is 4.90 Å². The predicted octanol–water partition coefficient (Wildman–Crippen LogP) is 13.6. The van der Waals surface area contributed by atoms with Gasteiger partial charge >= 0.3 is 0 Å². The molecule has 244 valence electrons. The topological polar surface area (TPSA) is 29.0 Å².